The molecule has 1 atom stereocenters. The second-order valence-corrected chi connectivity index (χ2v) is 6.69. The predicted octanol–water partition coefficient (Wildman–Crippen LogP) is -1.03. The molecule has 0 rings (SSSR count). The van der Waals surface area contributed by atoms with Crippen LogP contribution >= 0.6 is 0 Å². The lowest BCUT2D eigenvalue weighted by Gasteiger charge is -2.24. The van der Waals surface area contributed by atoms with Crippen molar-refractivity contribution < 1.29 is 8.85 Å². The zero-order valence-electron chi connectivity index (χ0n) is 8.71. The van der Waals surface area contributed by atoms with E-state index in [0.717, 1.165) is 18.9 Å². The maximum Gasteiger partial charge on any atom is 0.334 e. The monoisotopic (exact) mass is 238 g/mol. The van der Waals surface area contributed by atoms with Crippen molar-refractivity contribution in [1.82, 2.24) is 0 Å². The highest BCUT2D eigenvalue weighted by Gasteiger charge is 2.28. The van der Waals surface area contributed by atoms with Crippen molar-refractivity contribution in [2.45, 2.75) is 25.4 Å². The van der Waals surface area contributed by atoms with Crippen LogP contribution in [0.5, 0.6) is 0 Å². The van der Waals surface area contributed by atoms with E-state index in [1.165, 1.54) is 0 Å². The molecule has 1 unspecified atom stereocenters. The van der Waals surface area contributed by atoms with Gasteiger partial charge in [-0.05, 0) is 49.5 Å². The van der Waals surface area contributed by atoms with Gasteiger partial charge in [-0.15, -0.1) is 0 Å². The Morgan fingerprint density at radius 2 is 1.71 bits per heavy atom. The first-order chi connectivity index (χ1) is 6.18. The lowest BCUT2D eigenvalue weighted by atomic mass is 10.5. The van der Waals surface area contributed by atoms with Crippen LogP contribution in [0.25, 0.3) is 0 Å². The third kappa shape index (κ3) is 7.66. The summed E-state index contributed by atoms with van der Waals surface area (Å²) >= 11 is 0. The average molecular weight is 238 g/mol. The molecule has 0 saturated heterocycles. The largest absolute Gasteiger partial charge is 0.398 e. The van der Waals surface area contributed by atoms with E-state index in [4.69, 9.17) is 20.3 Å². The van der Waals surface area contributed by atoms with E-state index in [1.54, 1.807) is 7.11 Å². The van der Waals surface area contributed by atoms with Crippen molar-refractivity contribution in [1.29, 1.82) is 0 Å². The second kappa shape index (κ2) is 9.81. The van der Waals surface area contributed by atoms with Crippen LogP contribution in [0, 0.1) is 0 Å². The van der Waals surface area contributed by atoms with E-state index < -0.39 is 8.56 Å². The molecule has 0 aromatic carbocycles. The minimum atomic E-state index is -1.92. The van der Waals surface area contributed by atoms with Crippen molar-refractivity contribution in [2.24, 2.45) is 11.5 Å². The van der Waals surface area contributed by atoms with Gasteiger partial charge in [0.15, 0.2) is 0 Å². The molecule has 6 heteroatoms. The SMILES string of the molecule is CO[Si](C)(CCCN)OCCCN.[SiH4]. The molecule has 0 spiro atoms. The summed E-state index contributed by atoms with van der Waals surface area (Å²) in [4.78, 5) is 0. The van der Waals surface area contributed by atoms with Gasteiger partial charge >= 0.3 is 8.56 Å². The first-order valence-electron chi connectivity index (χ1n) is 4.78. The van der Waals surface area contributed by atoms with Crippen molar-refractivity contribution >= 4 is 19.5 Å². The molecule has 0 bridgehead atoms. The van der Waals surface area contributed by atoms with Gasteiger partial charge in [-0.2, -0.15) is 0 Å². The highest BCUT2D eigenvalue weighted by atomic mass is 28.4. The van der Waals surface area contributed by atoms with E-state index >= 15 is 0 Å². The molecule has 0 fully saturated rings. The zero-order valence-corrected chi connectivity index (χ0v) is 9.71. The van der Waals surface area contributed by atoms with E-state index in [2.05, 4.69) is 6.55 Å². The van der Waals surface area contributed by atoms with Gasteiger partial charge in [0.05, 0.1) is 0 Å². The maximum atomic E-state index is 5.70. The van der Waals surface area contributed by atoms with Crippen LogP contribution in [0.15, 0.2) is 0 Å². The van der Waals surface area contributed by atoms with Gasteiger partial charge in [-0.3, -0.25) is 0 Å². The third-order valence-electron chi connectivity index (χ3n) is 2.02. The van der Waals surface area contributed by atoms with Gasteiger partial charge in [0.25, 0.3) is 0 Å². The van der Waals surface area contributed by atoms with Crippen LogP contribution in [0.4, 0.5) is 0 Å². The van der Waals surface area contributed by atoms with Gasteiger partial charge in [-0.1, -0.05) is 0 Å². The topological polar surface area (TPSA) is 70.5 Å². The number of hydrogen-bond donors (Lipinski definition) is 2. The Bertz CT molecular complexity index is 130. The first kappa shape index (κ1) is 16.7. The molecule has 0 heterocycles. The highest BCUT2D eigenvalue weighted by Crippen LogP contribution is 2.14. The van der Waals surface area contributed by atoms with Gasteiger partial charge in [0.1, 0.15) is 0 Å². The summed E-state index contributed by atoms with van der Waals surface area (Å²) in [6.07, 6.45) is 1.87. The van der Waals surface area contributed by atoms with E-state index in [9.17, 15) is 0 Å². The van der Waals surface area contributed by atoms with Crippen LogP contribution < -0.4 is 11.5 Å². The predicted molar refractivity (Wildman–Crippen MR) is 68.1 cm³/mol. The Kier molecular flexibility index (Phi) is 11.7. The highest BCUT2D eigenvalue weighted by molar-refractivity contribution is 6.65. The molecule has 88 valence electrons. The van der Waals surface area contributed by atoms with E-state index in [0.29, 0.717) is 19.7 Å². The Morgan fingerprint density at radius 3 is 2.14 bits per heavy atom. The molecule has 14 heavy (non-hydrogen) atoms. The fourth-order valence-corrected chi connectivity index (χ4v) is 2.92. The minimum absolute atomic E-state index is 0. The average Bonchev–Trinajstić information content (AvgIpc) is 2.15. The summed E-state index contributed by atoms with van der Waals surface area (Å²) in [5.41, 5.74) is 10.8. The van der Waals surface area contributed by atoms with Crippen LogP contribution in [0.2, 0.25) is 12.6 Å². The van der Waals surface area contributed by atoms with Crippen molar-refractivity contribution in [3.63, 3.8) is 0 Å². The molecule has 0 saturated carbocycles. The van der Waals surface area contributed by atoms with E-state index in [-0.39, 0.29) is 11.0 Å². The Labute approximate surface area is 92.6 Å². The molecular formula is C8H26N2O2Si2. The zero-order chi connectivity index (χ0) is 10.2. The standard InChI is InChI=1S/C8H22N2O2Si.H4Si/c1-11-13(2,8-4-6-10)12-7-3-5-9;/h3-10H2,1-2H3;1H4. The van der Waals surface area contributed by atoms with Gasteiger partial charge < -0.3 is 20.3 Å². The van der Waals surface area contributed by atoms with Crippen LogP contribution in [0.3, 0.4) is 0 Å². The molecule has 0 aliphatic rings. The summed E-state index contributed by atoms with van der Waals surface area (Å²) in [6, 6.07) is 0.963. The lowest BCUT2D eigenvalue weighted by molar-refractivity contribution is 0.202. The Hall–Kier alpha value is 0.274. The maximum absolute atomic E-state index is 5.70. The summed E-state index contributed by atoms with van der Waals surface area (Å²) in [6.45, 7) is 4.15. The Balaban J connectivity index is 0. The Morgan fingerprint density at radius 1 is 1.14 bits per heavy atom. The normalized spacial score (nSPS) is 14.6. The molecule has 0 amide bonds. The van der Waals surface area contributed by atoms with Crippen LogP contribution in [-0.4, -0.2) is 46.3 Å². The molecular weight excluding hydrogens is 212 g/mol. The fourth-order valence-electron chi connectivity index (χ4n) is 1.03. The van der Waals surface area contributed by atoms with E-state index in [1.807, 2.05) is 0 Å². The van der Waals surface area contributed by atoms with Crippen molar-refractivity contribution in [3.8, 4) is 0 Å². The first-order valence-corrected chi connectivity index (χ1v) is 7.30. The lowest BCUT2D eigenvalue weighted by Crippen LogP contribution is -2.38. The summed E-state index contributed by atoms with van der Waals surface area (Å²) in [7, 11) is -0.204. The molecule has 0 aliphatic carbocycles. The van der Waals surface area contributed by atoms with Crippen molar-refractivity contribution in [2.75, 3.05) is 26.8 Å². The number of hydrogen-bond acceptors (Lipinski definition) is 4. The molecule has 4 nitrogen and oxygen atoms in total. The van der Waals surface area contributed by atoms with Gasteiger partial charge in [-0.25, -0.2) is 0 Å². The third-order valence-corrected chi connectivity index (χ3v) is 4.96. The smallest absolute Gasteiger partial charge is 0.334 e. The number of nitrogens with two attached hydrogens (primary N) is 2. The summed E-state index contributed by atoms with van der Waals surface area (Å²) in [5.74, 6) is 0. The number of rotatable bonds is 8. The molecule has 0 radical (unpaired) electrons. The summed E-state index contributed by atoms with van der Waals surface area (Å²) in [5, 5.41) is 0. The van der Waals surface area contributed by atoms with Crippen LogP contribution in [-0.2, 0) is 8.85 Å². The minimum Gasteiger partial charge on any atom is -0.398 e. The molecule has 0 aromatic heterocycles. The second-order valence-electron chi connectivity index (χ2n) is 3.22. The molecule has 4 N–H and O–H groups in total. The van der Waals surface area contributed by atoms with Crippen molar-refractivity contribution in [3.05, 3.63) is 0 Å². The quantitative estimate of drug-likeness (QED) is 0.419. The summed E-state index contributed by atoms with van der Waals surface area (Å²) < 4.78 is 11.1. The van der Waals surface area contributed by atoms with Gasteiger partial charge in [0.2, 0.25) is 0 Å². The fraction of sp³-hybridized carbons (Fsp3) is 1.00. The van der Waals surface area contributed by atoms with Gasteiger partial charge in [0, 0.05) is 13.7 Å². The molecule has 0 aromatic rings. The molecule has 0 aliphatic heterocycles. The van der Waals surface area contributed by atoms with Crippen LogP contribution in [0.1, 0.15) is 12.8 Å².